The van der Waals surface area contributed by atoms with Crippen LogP contribution in [0, 0.1) is 0 Å². The van der Waals surface area contributed by atoms with Crippen LogP contribution in [0.3, 0.4) is 0 Å². The molecule has 2 nitrogen and oxygen atoms in total. The standard InChI is InChI=1S/C54H35NO/c1-2-11-36(12-3-1)37-23-29-43(30-24-37)55(44-31-25-38(26-32-44)41-27-33-46-42(35-41)22-21-39-13-4-6-15-45(39)46)50-19-9-8-17-48(50)49-18-10-20-51-54(49)53-47-16-7-5-14-40(47)28-34-52(53)56-51/h1-35H. The minimum absolute atomic E-state index is 0.884. The van der Waals surface area contributed by atoms with Gasteiger partial charge in [-0.2, -0.15) is 0 Å². The van der Waals surface area contributed by atoms with E-state index in [1.54, 1.807) is 0 Å². The molecule has 11 rings (SSSR count). The average Bonchev–Trinajstić information content (AvgIpc) is 3.67. The maximum atomic E-state index is 6.54. The second-order valence-corrected chi connectivity index (χ2v) is 14.5. The molecular weight excluding hydrogens is 679 g/mol. The predicted octanol–water partition coefficient (Wildman–Crippen LogP) is 15.5. The van der Waals surface area contributed by atoms with Gasteiger partial charge in [0.05, 0.1) is 5.69 Å². The Kier molecular flexibility index (Phi) is 7.53. The van der Waals surface area contributed by atoms with Crippen LogP contribution in [0.2, 0.25) is 0 Å². The van der Waals surface area contributed by atoms with Crippen molar-refractivity contribution < 1.29 is 4.42 Å². The molecule has 0 aliphatic carbocycles. The van der Waals surface area contributed by atoms with Gasteiger partial charge in [-0.1, -0.05) is 164 Å². The molecule has 0 saturated carbocycles. The van der Waals surface area contributed by atoms with Crippen molar-refractivity contribution in [3.8, 4) is 33.4 Å². The van der Waals surface area contributed by atoms with Gasteiger partial charge in [-0.15, -0.1) is 0 Å². The van der Waals surface area contributed by atoms with Crippen LogP contribution in [0.4, 0.5) is 17.1 Å². The summed E-state index contributed by atoms with van der Waals surface area (Å²) in [4.78, 5) is 2.39. The maximum absolute atomic E-state index is 6.54. The largest absolute Gasteiger partial charge is 0.456 e. The highest BCUT2D eigenvalue weighted by molar-refractivity contribution is 6.23. The SMILES string of the molecule is c1ccc(-c2ccc(N(c3ccc(-c4ccc5c(ccc6ccccc65)c4)cc3)c3ccccc3-c3cccc4oc5ccc6ccccc6c5c34)cc2)cc1. The lowest BCUT2D eigenvalue weighted by Gasteiger charge is -2.28. The minimum atomic E-state index is 0.884. The first kappa shape index (κ1) is 32.0. The predicted molar refractivity (Wildman–Crippen MR) is 237 cm³/mol. The van der Waals surface area contributed by atoms with Crippen LogP contribution >= 0.6 is 0 Å². The van der Waals surface area contributed by atoms with Crippen LogP contribution in [0.25, 0.3) is 87.6 Å². The van der Waals surface area contributed by atoms with E-state index in [9.17, 15) is 0 Å². The number of para-hydroxylation sites is 1. The first-order valence-electron chi connectivity index (χ1n) is 19.2. The highest BCUT2D eigenvalue weighted by Gasteiger charge is 2.21. The third-order valence-electron chi connectivity index (χ3n) is 11.3. The molecule has 0 saturated heterocycles. The first-order chi connectivity index (χ1) is 27.8. The van der Waals surface area contributed by atoms with E-state index >= 15 is 0 Å². The van der Waals surface area contributed by atoms with Gasteiger partial charge < -0.3 is 9.32 Å². The lowest BCUT2D eigenvalue weighted by molar-refractivity contribution is 0.669. The third-order valence-corrected chi connectivity index (χ3v) is 11.3. The summed E-state index contributed by atoms with van der Waals surface area (Å²) in [6.07, 6.45) is 0. The fourth-order valence-electron chi connectivity index (χ4n) is 8.56. The first-order valence-corrected chi connectivity index (χ1v) is 19.2. The molecule has 0 atom stereocenters. The van der Waals surface area contributed by atoms with E-state index in [1.165, 1.54) is 54.6 Å². The lowest BCUT2D eigenvalue weighted by Crippen LogP contribution is -2.11. The number of benzene rings is 10. The molecule has 1 heterocycles. The van der Waals surface area contributed by atoms with Crippen molar-refractivity contribution in [2.24, 2.45) is 0 Å². The molecule has 0 amide bonds. The van der Waals surface area contributed by atoms with Gasteiger partial charge in [-0.05, 0) is 109 Å². The Labute approximate surface area is 325 Å². The van der Waals surface area contributed by atoms with Crippen molar-refractivity contribution in [2.75, 3.05) is 4.90 Å². The Morgan fingerprint density at radius 3 is 1.62 bits per heavy atom. The zero-order chi connectivity index (χ0) is 37.0. The molecule has 0 aliphatic rings. The van der Waals surface area contributed by atoms with Gasteiger partial charge in [0.25, 0.3) is 0 Å². The van der Waals surface area contributed by atoms with Gasteiger partial charge in [-0.3, -0.25) is 0 Å². The number of hydrogen-bond acceptors (Lipinski definition) is 2. The van der Waals surface area contributed by atoms with Crippen molar-refractivity contribution in [1.29, 1.82) is 0 Å². The molecule has 2 heteroatoms. The summed E-state index contributed by atoms with van der Waals surface area (Å²) in [6, 6.07) is 76.4. The highest BCUT2D eigenvalue weighted by Crippen LogP contribution is 2.46. The topological polar surface area (TPSA) is 16.4 Å². The van der Waals surface area contributed by atoms with Crippen LogP contribution in [0.5, 0.6) is 0 Å². The Morgan fingerprint density at radius 2 is 0.839 bits per heavy atom. The molecule has 0 unspecified atom stereocenters. The quantitative estimate of drug-likeness (QED) is 0.160. The van der Waals surface area contributed by atoms with E-state index in [-0.39, 0.29) is 0 Å². The number of fused-ring (bicyclic) bond motifs is 8. The molecule has 10 aromatic carbocycles. The molecule has 0 aliphatic heterocycles. The number of anilines is 3. The molecule has 56 heavy (non-hydrogen) atoms. The Hall–Kier alpha value is -7.42. The smallest absolute Gasteiger partial charge is 0.136 e. The normalized spacial score (nSPS) is 11.6. The van der Waals surface area contributed by atoms with Gasteiger partial charge in [0.1, 0.15) is 11.2 Å². The molecule has 0 bridgehead atoms. The molecule has 0 N–H and O–H groups in total. The second-order valence-electron chi connectivity index (χ2n) is 14.5. The summed E-state index contributed by atoms with van der Waals surface area (Å²) in [6.45, 7) is 0. The molecule has 262 valence electrons. The van der Waals surface area contributed by atoms with E-state index in [0.717, 1.165) is 50.1 Å². The molecule has 0 spiro atoms. The van der Waals surface area contributed by atoms with E-state index in [4.69, 9.17) is 4.42 Å². The van der Waals surface area contributed by atoms with Crippen molar-refractivity contribution in [2.45, 2.75) is 0 Å². The Morgan fingerprint density at radius 1 is 0.304 bits per heavy atom. The summed E-state index contributed by atoms with van der Waals surface area (Å²) in [5.41, 5.74) is 12.1. The van der Waals surface area contributed by atoms with E-state index < -0.39 is 0 Å². The van der Waals surface area contributed by atoms with Crippen LogP contribution in [-0.4, -0.2) is 0 Å². The molecule has 11 aromatic rings. The Bertz CT molecular complexity index is 3230. The summed E-state index contributed by atoms with van der Waals surface area (Å²) < 4.78 is 6.54. The van der Waals surface area contributed by atoms with Gasteiger partial charge >= 0.3 is 0 Å². The monoisotopic (exact) mass is 713 g/mol. The van der Waals surface area contributed by atoms with E-state index in [1.807, 2.05) is 0 Å². The maximum Gasteiger partial charge on any atom is 0.136 e. The van der Waals surface area contributed by atoms with Crippen LogP contribution in [0.1, 0.15) is 0 Å². The lowest BCUT2D eigenvalue weighted by atomic mass is 9.95. The molecule has 0 fully saturated rings. The second kappa shape index (κ2) is 13.2. The van der Waals surface area contributed by atoms with Crippen molar-refractivity contribution in [3.05, 3.63) is 212 Å². The molecular formula is C54H35NO. The average molecular weight is 714 g/mol. The number of hydrogen-bond donors (Lipinski definition) is 0. The molecule has 0 radical (unpaired) electrons. The molecule has 1 aromatic heterocycles. The van der Waals surface area contributed by atoms with Crippen molar-refractivity contribution in [1.82, 2.24) is 0 Å². The minimum Gasteiger partial charge on any atom is -0.456 e. The van der Waals surface area contributed by atoms with Crippen molar-refractivity contribution >= 4 is 71.3 Å². The fraction of sp³-hybridized carbons (Fsp3) is 0. The zero-order valence-electron chi connectivity index (χ0n) is 30.6. The van der Waals surface area contributed by atoms with Gasteiger partial charge in [0.2, 0.25) is 0 Å². The zero-order valence-corrected chi connectivity index (χ0v) is 30.6. The van der Waals surface area contributed by atoms with E-state index in [2.05, 4.69) is 217 Å². The summed E-state index contributed by atoms with van der Waals surface area (Å²) in [7, 11) is 0. The summed E-state index contributed by atoms with van der Waals surface area (Å²) >= 11 is 0. The van der Waals surface area contributed by atoms with Crippen LogP contribution < -0.4 is 4.90 Å². The van der Waals surface area contributed by atoms with E-state index in [0.29, 0.717) is 0 Å². The van der Waals surface area contributed by atoms with Crippen molar-refractivity contribution in [3.63, 3.8) is 0 Å². The number of nitrogens with zero attached hydrogens (tertiary/aromatic N) is 1. The number of rotatable bonds is 6. The van der Waals surface area contributed by atoms with Gasteiger partial charge in [0, 0.05) is 27.7 Å². The van der Waals surface area contributed by atoms with Gasteiger partial charge in [0.15, 0.2) is 0 Å². The number of furan rings is 1. The van der Waals surface area contributed by atoms with Crippen LogP contribution in [-0.2, 0) is 0 Å². The third kappa shape index (κ3) is 5.34. The van der Waals surface area contributed by atoms with Gasteiger partial charge in [-0.25, -0.2) is 0 Å². The van der Waals surface area contributed by atoms with Crippen LogP contribution in [0.15, 0.2) is 217 Å². The fourth-order valence-corrected chi connectivity index (χ4v) is 8.56. The summed E-state index contributed by atoms with van der Waals surface area (Å²) in [5.74, 6) is 0. The Balaban J connectivity index is 1.07. The highest BCUT2D eigenvalue weighted by atomic mass is 16.3. The summed E-state index contributed by atoms with van der Waals surface area (Å²) in [5, 5.41) is 9.74.